The average molecular weight is 345 g/mol. The van der Waals surface area contributed by atoms with Crippen LogP contribution in [0.25, 0.3) is 0 Å². The van der Waals surface area contributed by atoms with Gasteiger partial charge in [0.25, 0.3) is 10.0 Å². The van der Waals surface area contributed by atoms with Gasteiger partial charge in [0, 0.05) is 15.7 Å². The van der Waals surface area contributed by atoms with E-state index in [9.17, 15) is 8.42 Å². The number of halogens is 2. The molecule has 2 rings (SSSR count). The highest BCUT2D eigenvalue weighted by Crippen LogP contribution is 2.28. The highest BCUT2D eigenvalue weighted by atomic mass is 35.5. The van der Waals surface area contributed by atoms with Crippen LogP contribution in [0, 0.1) is 13.8 Å². The molecule has 112 valence electrons. The first kappa shape index (κ1) is 15.9. The fourth-order valence-corrected chi connectivity index (χ4v) is 3.28. The highest BCUT2D eigenvalue weighted by Gasteiger charge is 2.17. The molecule has 0 bridgehead atoms. The van der Waals surface area contributed by atoms with Gasteiger partial charge in [0.15, 0.2) is 0 Å². The first-order valence-electron chi connectivity index (χ1n) is 6.05. The summed E-state index contributed by atoms with van der Waals surface area (Å²) in [5.41, 5.74) is 7.97. The van der Waals surface area contributed by atoms with Gasteiger partial charge in [-0.25, -0.2) is 8.42 Å². The third-order valence-corrected chi connectivity index (χ3v) is 5.25. The van der Waals surface area contributed by atoms with E-state index < -0.39 is 10.0 Å². The van der Waals surface area contributed by atoms with Gasteiger partial charge in [-0.3, -0.25) is 4.72 Å². The van der Waals surface area contributed by atoms with Crippen molar-refractivity contribution in [2.24, 2.45) is 0 Å². The van der Waals surface area contributed by atoms with Gasteiger partial charge >= 0.3 is 0 Å². The first-order chi connectivity index (χ1) is 9.70. The number of nitrogens with one attached hydrogen (secondary N) is 1. The van der Waals surface area contributed by atoms with Gasteiger partial charge in [0.05, 0.1) is 10.6 Å². The molecule has 2 aromatic carbocycles. The second-order valence-electron chi connectivity index (χ2n) is 4.69. The van der Waals surface area contributed by atoms with Crippen LogP contribution >= 0.6 is 23.2 Å². The lowest BCUT2D eigenvalue weighted by Gasteiger charge is -2.11. The minimum Gasteiger partial charge on any atom is -0.398 e. The molecule has 0 unspecified atom stereocenters. The molecule has 0 aromatic heterocycles. The normalized spacial score (nSPS) is 11.4. The Balaban J connectivity index is 2.40. The molecule has 0 spiro atoms. The molecule has 0 amide bonds. The number of nitrogen functional groups attached to an aromatic ring is 1. The topological polar surface area (TPSA) is 72.2 Å². The molecule has 3 N–H and O–H groups in total. The molecule has 0 aliphatic heterocycles. The van der Waals surface area contributed by atoms with Crippen molar-refractivity contribution >= 4 is 44.6 Å². The Labute approximate surface area is 133 Å². The van der Waals surface area contributed by atoms with Crippen LogP contribution in [0.3, 0.4) is 0 Å². The van der Waals surface area contributed by atoms with Crippen molar-refractivity contribution in [2.75, 3.05) is 10.5 Å². The molecule has 0 saturated carbocycles. The Bertz CT molecular complexity index is 782. The molecule has 4 nitrogen and oxygen atoms in total. The zero-order chi connectivity index (χ0) is 15.8. The van der Waals surface area contributed by atoms with Crippen LogP contribution in [0.5, 0.6) is 0 Å². The van der Waals surface area contributed by atoms with Crippen LogP contribution in [0.1, 0.15) is 11.1 Å². The molecule has 0 aliphatic carbocycles. The van der Waals surface area contributed by atoms with E-state index in [1.165, 1.54) is 12.1 Å². The maximum atomic E-state index is 12.3. The van der Waals surface area contributed by atoms with E-state index in [0.29, 0.717) is 27.0 Å². The van der Waals surface area contributed by atoms with Crippen LogP contribution < -0.4 is 10.5 Å². The summed E-state index contributed by atoms with van der Waals surface area (Å²) in [6, 6.07) is 7.66. The Hall–Kier alpha value is -1.43. The van der Waals surface area contributed by atoms with E-state index >= 15 is 0 Å². The first-order valence-corrected chi connectivity index (χ1v) is 8.29. The van der Waals surface area contributed by atoms with Gasteiger partial charge in [-0.2, -0.15) is 0 Å². The Morgan fingerprint density at radius 2 is 1.71 bits per heavy atom. The molecular formula is C14H14Cl2N2O2S. The number of benzene rings is 2. The molecule has 21 heavy (non-hydrogen) atoms. The summed E-state index contributed by atoms with van der Waals surface area (Å²) >= 11 is 12.0. The minimum atomic E-state index is -3.78. The quantitative estimate of drug-likeness (QED) is 0.826. The van der Waals surface area contributed by atoms with Crippen LogP contribution in [0.4, 0.5) is 11.4 Å². The molecular weight excluding hydrogens is 331 g/mol. The summed E-state index contributed by atoms with van der Waals surface area (Å²) in [6.45, 7) is 3.56. The Kier molecular flexibility index (Phi) is 4.37. The number of hydrogen-bond donors (Lipinski definition) is 2. The fraction of sp³-hybridized carbons (Fsp3) is 0.143. The third-order valence-electron chi connectivity index (χ3n) is 3.09. The molecule has 0 heterocycles. The summed E-state index contributed by atoms with van der Waals surface area (Å²) < 4.78 is 27.1. The zero-order valence-electron chi connectivity index (χ0n) is 11.4. The summed E-state index contributed by atoms with van der Waals surface area (Å²) in [6.07, 6.45) is 0. The zero-order valence-corrected chi connectivity index (χ0v) is 13.8. The van der Waals surface area contributed by atoms with Crippen LogP contribution in [0.15, 0.2) is 35.2 Å². The Morgan fingerprint density at radius 3 is 2.29 bits per heavy atom. The summed E-state index contributed by atoms with van der Waals surface area (Å²) in [7, 11) is -3.78. The number of aryl methyl sites for hydroxylation is 1. The van der Waals surface area contributed by atoms with Crippen molar-refractivity contribution in [3.05, 3.63) is 51.5 Å². The van der Waals surface area contributed by atoms with E-state index in [-0.39, 0.29) is 4.90 Å². The number of rotatable bonds is 3. The Morgan fingerprint density at radius 1 is 1.05 bits per heavy atom. The van der Waals surface area contributed by atoms with Crippen molar-refractivity contribution in [3.8, 4) is 0 Å². The second-order valence-corrected chi connectivity index (χ2v) is 7.19. The molecule has 0 atom stereocenters. The summed E-state index contributed by atoms with van der Waals surface area (Å²) in [5, 5.41) is 0.786. The maximum Gasteiger partial charge on any atom is 0.262 e. The highest BCUT2D eigenvalue weighted by molar-refractivity contribution is 7.92. The molecule has 0 saturated heterocycles. The smallest absolute Gasteiger partial charge is 0.262 e. The fourth-order valence-electron chi connectivity index (χ4n) is 1.70. The van der Waals surface area contributed by atoms with E-state index in [0.717, 1.165) is 5.56 Å². The third kappa shape index (κ3) is 3.43. The average Bonchev–Trinajstić information content (AvgIpc) is 2.39. The lowest BCUT2D eigenvalue weighted by atomic mass is 10.2. The number of sulfonamides is 1. The predicted molar refractivity (Wildman–Crippen MR) is 87.6 cm³/mol. The van der Waals surface area contributed by atoms with Crippen LogP contribution in [0.2, 0.25) is 10.0 Å². The molecule has 2 aromatic rings. The lowest BCUT2D eigenvalue weighted by molar-refractivity contribution is 0.601. The van der Waals surface area contributed by atoms with Crippen molar-refractivity contribution in [1.82, 2.24) is 0 Å². The lowest BCUT2D eigenvalue weighted by Crippen LogP contribution is -2.13. The molecule has 0 fully saturated rings. The van der Waals surface area contributed by atoms with Gasteiger partial charge in [0.1, 0.15) is 0 Å². The van der Waals surface area contributed by atoms with Crippen LogP contribution in [-0.2, 0) is 10.0 Å². The molecule has 0 aliphatic rings. The largest absolute Gasteiger partial charge is 0.398 e. The van der Waals surface area contributed by atoms with Gasteiger partial charge < -0.3 is 5.73 Å². The van der Waals surface area contributed by atoms with Crippen molar-refractivity contribution < 1.29 is 8.42 Å². The van der Waals surface area contributed by atoms with Gasteiger partial charge in [-0.1, -0.05) is 29.3 Å². The number of anilines is 2. The monoisotopic (exact) mass is 344 g/mol. The summed E-state index contributed by atoms with van der Waals surface area (Å²) in [4.78, 5) is 0.00676. The van der Waals surface area contributed by atoms with E-state index in [1.807, 2.05) is 6.92 Å². The van der Waals surface area contributed by atoms with Gasteiger partial charge in [-0.15, -0.1) is 0 Å². The van der Waals surface area contributed by atoms with Crippen molar-refractivity contribution in [3.63, 3.8) is 0 Å². The number of hydrogen-bond acceptors (Lipinski definition) is 3. The second kappa shape index (κ2) is 5.75. The summed E-state index contributed by atoms with van der Waals surface area (Å²) in [5.74, 6) is 0. The standard InChI is InChI=1S/C14H14Cl2N2O2S/c1-8-3-4-10(5-12(8)15)18-21(19,20)11-6-13(16)9(2)14(17)7-11/h3-7,18H,17H2,1-2H3. The van der Waals surface area contributed by atoms with E-state index in [2.05, 4.69) is 4.72 Å². The minimum absolute atomic E-state index is 0.00676. The molecule has 0 radical (unpaired) electrons. The number of nitrogens with two attached hydrogens (primary N) is 1. The van der Waals surface area contributed by atoms with Crippen LogP contribution in [-0.4, -0.2) is 8.42 Å². The molecule has 7 heteroatoms. The van der Waals surface area contributed by atoms with E-state index in [4.69, 9.17) is 28.9 Å². The SMILES string of the molecule is Cc1ccc(NS(=O)(=O)c2cc(N)c(C)c(Cl)c2)cc1Cl. The van der Waals surface area contributed by atoms with Gasteiger partial charge in [-0.05, 0) is 49.2 Å². The van der Waals surface area contributed by atoms with Crippen molar-refractivity contribution in [2.45, 2.75) is 18.7 Å². The maximum absolute atomic E-state index is 12.3. The van der Waals surface area contributed by atoms with Gasteiger partial charge in [0.2, 0.25) is 0 Å². The predicted octanol–water partition coefficient (Wildman–Crippen LogP) is 3.99. The van der Waals surface area contributed by atoms with Crippen molar-refractivity contribution in [1.29, 1.82) is 0 Å². The van der Waals surface area contributed by atoms with E-state index in [1.54, 1.807) is 25.1 Å².